The molecule has 5 rings (SSSR count). The molecule has 1 aromatic heterocycles. The Hall–Kier alpha value is -2.70. The molecule has 0 amide bonds. The Morgan fingerprint density at radius 3 is 1.72 bits per heavy atom. The average Bonchev–Trinajstić information content (AvgIpc) is 3.39. The van der Waals surface area contributed by atoms with Crippen LogP contribution in [0.15, 0.2) is 72.8 Å². The summed E-state index contributed by atoms with van der Waals surface area (Å²) in [6.45, 7) is 7.01. The van der Waals surface area contributed by atoms with Gasteiger partial charge >= 0.3 is 0 Å². The third-order valence-corrected chi connectivity index (χ3v) is 12.7. The van der Waals surface area contributed by atoms with Crippen LogP contribution in [0.2, 0.25) is 0 Å². The summed E-state index contributed by atoms with van der Waals surface area (Å²) in [4.78, 5) is 10.6. The van der Waals surface area contributed by atoms with Crippen LogP contribution in [0.4, 0.5) is 0 Å². The molecule has 36 heavy (non-hydrogen) atoms. The predicted molar refractivity (Wildman–Crippen MR) is 161 cm³/mol. The van der Waals surface area contributed by atoms with Gasteiger partial charge < -0.3 is 9.97 Å². The molecule has 0 spiro atoms. The first-order chi connectivity index (χ1) is 17.7. The molecule has 0 saturated carbocycles. The third kappa shape index (κ3) is 4.57. The van der Waals surface area contributed by atoms with E-state index in [0.717, 1.165) is 16.9 Å². The van der Waals surface area contributed by atoms with E-state index < -0.39 is 7.26 Å². The van der Waals surface area contributed by atoms with E-state index in [2.05, 4.69) is 93.6 Å². The minimum absolute atomic E-state index is 0.913. The minimum atomic E-state index is -1.32. The summed E-state index contributed by atoms with van der Waals surface area (Å²) in [7, 11) is -1.32. The molecule has 0 N–H and O–H groups in total. The number of hydrogen-bond acceptors (Lipinski definition) is 1. The first-order valence-electron chi connectivity index (χ1n) is 13.9. The van der Waals surface area contributed by atoms with Gasteiger partial charge in [0.2, 0.25) is 0 Å². The van der Waals surface area contributed by atoms with Crippen molar-refractivity contribution in [2.45, 2.75) is 59.3 Å². The first-order valence-corrected chi connectivity index (χ1v) is 16.3. The maximum absolute atomic E-state index is 5.28. The molecule has 186 valence electrons. The average molecular weight is 495 g/mol. The maximum atomic E-state index is 5.28. The van der Waals surface area contributed by atoms with Gasteiger partial charge in [-0.3, -0.25) is 0 Å². The molecule has 0 unspecified atom stereocenters. The van der Waals surface area contributed by atoms with Crippen LogP contribution in [0, 0.1) is 0 Å². The molecule has 1 heterocycles. The van der Waals surface area contributed by atoms with E-state index in [0.29, 0.717) is 0 Å². The Bertz CT molecular complexity index is 1370. The Labute approximate surface area is 216 Å². The van der Waals surface area contributed by atoms with Crippen molar-refractivity contribution in [2.75, 3.05) is 18.5 Å². The molecule has 2 nitrogen and oxygen atoms in total. The molecule has 0 radical (unpaired) electrons. The van der Waals surface area contributed by atoms with Crippen molar-refractivity contribution in [2.24, 2.45) is 0 Å². The van der Waals surface area contributed by atoms with E-state index in [1.807, 2.05) is 0 Å². The lowest BCUT2D eigenvalue weighted by molar-refractivity contribution is 0.841. The number of nitrogens with zero attached hydrogens (tertiary/aromatic N) is 2. The summed E-state index contributed by atoms with van der Waals surface area (Å²) in [6, 6.07) is 26.5. The van der Waals surface area contributed by atoms with Gasteiger partial charge in [0.25, 0.3) is 0 Å². The van der Waals surface area contributed by atoms with Crippen LogP contribution in [0.25, 0.3) is 44.0 Å². The van der Waals surface area contributed by atoms with Crippen LogP contribution in [-0.4, -0.2) is 23.5 Å². The van der Waals surface area contributed by atoms with Crippen LogP contribution in [-0.2, 0) is 0 Å². The van der Waals surface area contributed by atoms with Crippen molar-refractivity contribution in [1.29, 1.82) is 0 Å². The second-order valence-corrected chi connectivity index (χ2v) is 14.3. The number of hydrogen-bond donors (Lipinski definition) is 0. The quantitative estimate of drug-likeness (QED) is 0.135. The second-order valence-electron chi connectivity index (χ2n) is 10.2. The van der Waals surface area contributed by atoms with Crippen molar-refractivity contribution in [3.63, 3.8) is 0 Å². The van der Waals surface area contributed by atoms with Gasteiger partial charge in [0.05, 0.1) is 18.5 Å². The van der Waals surface area contributed by atoms with Gasteiger partial charge in [0, 0.05) is 12.8 Å². The van der Waals surface area contributed by atoms with E-state index in [4.69, 9.17) is 9.97 Å². The number of benzene rings is 4. The summed E-state index contributed by atoms with van der Waals surface area (Å²) >= 11 is 0. The number of unbranched alkanes of at least 4 members (excludes halogenated alkanes) is 3. The van der Waals surface area contributed by atoms with E-state index >= 15 is 0 Å². The highest BCUT2D eigenvalue weighted by Crippen LogP contribution is 2.61. The number of aromatic nitrogens is 2. The van der Waals surface area contributed by atoms with Crippen LogP contribution >= 0.6 is 7.26 Å². The normalized spacial score (nSPS) is 12.2. The summed E-state index contributed by atoms with van der Waals surface area (Å²) < 4.78 is 0. The lowest BCUT2D eigenvalue weighted by atomic mass is 10.0. The maximum Gasteiger partial charge on any atom is 0.101 e. The molecule has 0 saturated heterocycles. The number of imidazole rings is 1. The Morgan fingerprint density at radius 1 is 0.611 bits per heavy atom. The molecule has 0 aliphatic rings. The van der Waals surface area contributed by atoms with E-state index in [-0.39, 0.29) is 0 Å². The molecule has 0 bridgehead atoms. The van der Waals surface area contributed by atoms with Gasteiger partial charge in [-0.05, 0) is 63.7 Å². The zero-order valence-corrected chi connectivity index (χ0v) is 23.0. The van der Waals surface area contributed by atoms with Crippen molar-refractivity contribution in [3.8, 4) is 11.4 Å². The van der Waals surface area contributed by atoms with Gasteiger partial charge in [-0.2, -0.15) is 0 Å². The molecule has 3 heteroatoms. The van der Waals surface area contributed by atoms with Crippen molar-refractivity contribution in [1.82, 2.24) is 9.97 Å². The summed E-state index contributed by atoms with van der Waals surface area (Å²) in [5.41, 5.74) is 3.35. The van der Waals surface area contributed by atoms with E-state index in [1.165, 1.54) is 84.1 Å². The van der Waals surface area contributed by atoms with Crippen LogP contribution < -0.4 is 10.3 Å². The molecule has 4 aromatic carbocycles. The van der Waals surface area contributed by atoms with Gasteiger partial charge in [-0.15, -0.1) is 0 Å². The fraction of sp³-hybridized carbons (Fsp3) is 0.364. The van der Waals surface area contributed by atoms with Gasteiger partial charge in [-0.1, -0.05) is 107 Å². The Kier molecular flexibility index (Phi) is 7.73. The number of fused-ring (bicyclic) bond motifs is 6. The molecule has 0 fully saturated rings. The fourth-order valence-electron chi connectivity index (χ4n) is 5.84. The predicted octanol–water partition coefficient (Wildman–Crippen LogP) is 9.21. The molecular weight excluding hydrogens is 455 g/mol. The second kappa shape index (κ2) is 11.1. The Balaban J connectivity index is 1.74. The summed E-state index contributed by atoms with van der Waals surface area (Å²) in [5.74, 6) is 0.913. The topological polar surface area (TPSA) is 27.0 Å². The smallest absolute Gasteiger partial charge is 0.101 e. The molecule has 0 aliphatic heterocycles. The highest BCUT2D eigenvalue weighted by molar-refractivity contribution is 7.83. The zero-order valence-electron chi connectivity index (χ0n) is 22.1. The Morgan fingerprint density at radius 2 is 1.11 bits per heavy atom. The largest absolute Gasteiger partial charge is 0.435 e. The molecular formula is C33H39N2P. The monoisotopic (exact) mass is 494 g/mol. The number of rotatable bonds is 11. The van der Waals surface area contributed by atoms with Crippen molar-refractivity contribution < 1.29 is 0 Å². The van der Waals surface area contributed by atoms with E-state index in [1.54, 1.807) is 5.30 Å². The van der Waals surface area contributed by atoms with Gasteiger partial charge in [0.1, 0.15) is 5.30 Å². The van der Waals surface area contributed by atoms with Gasteiger partial charge in [-0.25, -0.2) is 0 Å². The SMILES string of the molecule is CCCC[P+](CCCC)(CCCC)c1ccccc1-c1nc2c3ccccc3c3ccccc3c2[n-]1. The lowest BCUT2D eigenvalue weighted by Gasteiger charge is -2.30. The molecule has 0 aliphatic carbocycles. The summed E-state index contributed by atoms with van der Waals surface area (Å²) in [5, 5.41) is 6.49. The zero-order chi connectivity index (χ0) is 25.0. The minimum Gasteiger partial charge on any atom is -0.435 e. The highest BCUT2D eigenvalue weighted by atomic mass is 31.2. The highest BCUT2D eigenvalue weighted by Gasteiger charge is 2.39. The van der Waals surface area contributed by atoms with Crippen LogP contribution in [0.1, 0.15) is 59.3 Å². The summed E-state index contributed by atoms with van der Waals surface area (Å²) in [6.07, 6.45) is 11.8. The molecule has 5 aromatic rings. The van der Waals surface area contributed by atoms with Crippen LogP contribution in [0.3, 0.4) is 0 Å². The van der Waals surface area contributed by atoms with Crippen molar-refractivity contribution in [3.05, 3.63) is 72.8 Å². The lowest BCUT2D eigenvalue weighted by Crippen LogP contribution is -2.23. The first kappa shape index (κ1) is 25.0. The van der Waals surface area contributed by atoms with Crippen LogP contribution in [0.5, 0.6) is 0 Å². The molecule has 0 atom stereocenters. The van der Waals surface area contributed by atoms with Crippen molar-refractivity contribution >= 4 is 45.1 Å². The standard InChI is InChI=1S/C33H39N2P/c1-4-7-22-36(23-8-5-2,24-9-6-3)30-21-15-14-20-29(30)33-34-31-27-18-12-10-16-25(27)26-17-11-13-19-28(26)32(31)35-33/h10-21H,4-9,22-24H2,1-3H3. The van der Waals surface area contributed by atoms with Gasteiger partial charge in [0.15, 0.2) is 0 Å². The third-order valence-electron chi connectivity index (χ3n) is 7.79. The fourth-order valence-corrected chi connectivity index (χ4v) is 11.1. The van der Waals surface area contributed by atoms with E-state index in [9.17, 15) is 0 Å².